The number of hydrogen-bond donors (Lipinski definition) is 1. The summed E-state index contributed by atoms with van der Waals surface area (Å²) in [6.45, 7) is 4.01. The summed E-state index contributed by atoms with van der Waals surface area (Å²) < 4.78 is 0. The molecule has 0 amide bonds. The van der Waals surface area contributed by atoms with Crippen molar-refractivity contribution in [1.82, 2.24) is 4.90 Å². The standard InChI is InChI=1S/C14H18N2S/c1-11-13(4-3-5-14(11)15)9-16(2)8-12-6-7-17-10-12/h3-7,10H,8-9,15H2,1-2H3. The molecule has 1 heterocycles. The van der Waals surface area contributed by atoms with E-state index < -0.39 is 0 Å². The average molecular weight is 246 g/mol. The Morgan fingerprint density at radius 2 is 2.06 bits per heavy atom. The van der Waals surface area contributed by atoms with Crippen molar-refractivity contribution in [3.63, 3.8) is 0 Å². The molecule has 0 saturated carbocycles. The van der Waals surface area contributed by atoms with E-state index in [4.69, 9.17) is 5.73 Å². The van der Waals surface area contributed by atoms with Gasteiger partial charge < -0.3 is 5.73 Å². The van der Waals surface area contributed by atoms with E-state index in [1.807, 2.05) is 12.1 Å². The Kier molecular flexibility index (Phi) is 3.82. The van der Waals surface area contributed by atoms with Crippen LogP contribution in [0.15, 0.2) is 35.0 Å². The smallest absolute Gasteiger partial charge is 0.0346 e. The molecule has 1 aromatic heterocycles. The Hall–Kier alpha value is -1.32. The van der Waals surface area contributed by atoms with Crippen LogP contribution >= 0.6 is 11.3 Å². The number of rotatable bonds is 4. The minimum Gasteiger partial charge on any atom is -0.399 e. The van der Waals surface area contributed by atoms with Gasteiger partial charge in [-0.3, -0.25) is 4.90 Å². The fraction of sp³-hybridized carbons (Fsp3) is 0.286. The van der Waals surface area contributed by atoms with Gasteiger partial charge in [-0.25, -0.2) is 0 Å². The average Bonchev–Trinajstić information content (AvgIpc) is 2.77. The molecule has 90 valence electrons. The van der Waals surface area contributed by atoms with Crippen molar-refractivity contribution < 1.29 is 0 Å². The van der Waals surface area contributed by atoms with E-state index in [0.717, 1.165) is 18.8 Å². The normalized spacial score (nSPS) is 11.0. The van der Waals surface area contributed by atoms with Gasteiger partial charge in [-0.2, -0.15) is 11.3 Å². The lowest BCUT2D eigenvalue weighted by molar-refractivity contribution is 0.319. The van der Waals surface area contributed by atoms with Gasteiger partial charge >= 0.3 is 0 Å². The Morgan fingerprint density at radius 1 is 1.24 bits per heavy atom. The molecule has 0 atom stereocenters. The molecule has 1 aromatic carbocycles. The Balaban J connectivity index is 2.03. The maximum absolute atomic E-state index is 5.92. The molecule has 2 rings (SSSR count). The zero-order valence-corrected chi connectivity index (χ0v) is 11.1. The lowest BCUT2D eigenvalue weighted by Gasteiger charge is -2.18. The maximum atomic E-state index is 5.92. The van der Waals surface area contributed by atoms with Crippen molar-refractivity contribution in [1.29, 1.82) is 0 Å². The summed E-state index contributed by atoms with van der Waals surface area (Å²) in [5, 5.41) is 4.32. The van der Waals surface area contributed by atoms with Crippen molar-refractivity contribution in [2.24, 2.45) is 0 Å². The highest BCUT2D eigenvalue weighted by molar-refractivity contribution is 7.07. The van der Waals surface area contributed by atoms with Crippen molar-refractivity contribution in [2.45, 2.75) is 20.0 Å². The second-order valence-electron chi connectivity index (χ2n) is 4.44. The monoisotopic (exact) mass is 246 g/mol. The molecule has 0 unspecified atom stereocenters. The van der Waals surface area contributed by atoms with Gasteiger partial charge in [0.1, 0.15) is 0 Å². The van der Waals surface area contributed by atoms with Crippen molar-refractivity contribution in [3.8, 4) is 0 Å². The lowest BCUT2D eigenvalue weighted by atomic mass is 10.1. The number of thiophene rings is 1. The summed E-state index contributed by atoms with van der Waals surface area (Å²) >= 11 is 1.75. The highest BCUT2D eigenvalue weighted by Crippen LogP contribution is 2.18. The molecule has 0 aliphatic rings. The van der Waals surface area contributed by atoms with Crippen molar-refractivity contribution in [3.05, 3.63) is 51.7 Å². The SMILES string of the molecule is Cc1c(N)cccc1CN(C)Cc1ccsc1. The van der Waals surface area contributed by atoms with Gasteiger partial charge in [-0.1, -0.05) is 12.1 Å². The number of benzene rings is 1. The topological polar surface area (TPSA) is 29.3 Å². The Morgan fingerprint density at radius 3 is 2.76 bits per heavy atom. The second kappa shape index (κ2) is 5.34. The summed E-state index contributed by atoms with van der Waals surface area (Å²) in [4.78, 5) is 2.31. The molecular weight excluding hydrogens is 228 g/mol. The summed E-state index contributed by atoms with van der Waals surface area (Å²) in [5.41, 5.74) is 10.7. The fourth-order valence-corrected chi connectivity index (χ4v) is 2.58. The number of nitrogens with two attached hydrogens (primary N) is 1. The molecule has 17 heavy (non-hydrogen) atoms. The van der Waals surface area contributed by atoms with Crippen LogP contribution in [0.4, 0.5) is 5.69 Å². The molecule has 0 saturated heterocycles. The lowest BCUT2D eigenvalue weighted by Crippen LogP contribution is -2.17. The zero-order valence-electron chi connectivity index (χ0n) is 10.3. The van der Waals surface area contributed by atoms with Gasteiger partial charge in [0.2, 0.25) is 0 Å². The van der Waals surface area contributed by atoms with Gasteiger partial charge in [0.05, 0.1) is 0 Å². The van der Waals surface area contributed by atoms with Crippen LogP contribution in [-0.4, -0.2) is 11.9 Å². The van der Waals surface area contributed by atoms with Crippen molar-refractivity contribution in [2.75, 3.05) is 12.8 Å². The first-order valence-electron chi connectivity index (χ1n) is 5.70. The Bertz CT molecular complexity index is 477. The minimum atomic E-state index is 0.881. The van der Waals surface area contributed by atoms with E-state index in [0.29, 0.717) is 0 Å². The molecular formula is C14H18N2S. The second-order valence-corrected chi connectivity index (χ2v) is 5.22. The van der Waals surface area contributed by atoms with E-state index in [1.165, 1.54) is 16.7 Å². The largest absolute Gasteiger partial charge is 0.399 e. The molecule has 2 nitrogen and oxygen atoms in total. The van der Waals surface area contributed by atoms with Gasteiger partial charge in [-0.15, -0.1) is 0 Å². The van der Waals surface area contributed by atoms with Crippen molar-refractivity contribution >= 4 is 17.0 Å². The molecule has 0 aliphatic carbocycles. The van der Waals surface area contributed by atoms with Crippen LogP contribution in [0.3, 0.4) is 0 Å². The van der Waals surface area contributed by atoms with Crippen LogP contribution in [0.5, 0.6) is 0 Å². The summed E-state index contributed by atoms with van der Waals surface area (Å²) in [6, 6.07) is 8.30. The van der Waals surface area contributed by atoms with Gasteiger partial charge in [-0.05, 0) is 53.6 Å². The highest BCUT2D eigenvalue weighted by atomic mass is 32.1. The van der Waals surface area contributed by atoms with Crippen LogP contribution in [0, 0.1) is 6.92 Å². The maximum Gasteiger partial charge on any atom is 0.0346 e. The first kappa shape index (κ1) is 12.1. The van der Waals surface area contributed by atoms with Gasteiger partial charge in [0, 0.05) is 18.8 Å². The number of nitrogen functional groups attached to an aromatic ring is 1. The number of nitrogens with zero attached hydrogens (tertiary/aromatic N) is 1. The molecule has 0 spiro atoms. The summed E-state index contributed by atoms with van der Waals surface area (Å²) in [6.07, 6.45) is 0. The predicted octanol–water partition coefficient (Wildman–Crippen LogP) is 3.27. The molecule has 0 fully saturated rings. The number of hydrogen-bond acceptors (Lipinski definition) is 3. The van der Waals surface area contributed by atoms with E-state index >= 15 is 0 Å². The minimum absolute atomic E-state index is 0.881. The van der Waals surface area contributed by atoms with E-state index in [9.17, 15) is 0 Å². The highest BCUT2D eigenvalue weighted by Gasteiger charge is 2.05. The molecule has 3 heteroatoms. The summed E-state index contributed by atoms with van der Waals surface area (Å²) in [7, 11) is 2.14. The third kappa shape index (κ3) is 3.08. The quantitative estimate of drug-likeness (QED) is 0.839. The molecule has 2 N–H and O–H groups in total. The zero-order chi connectivity index (χ0) is 12.3. The van der Waals surface area contributed by atoms with Gasteiger partial charge in [0.25, 0.3) is 0 Å². The van der Waals surface area contributed by atoms with E-state index in [-0.39, 0.29) is 0 Å². The first-order valence-corrected chi connectivity index (χ1v) is 6.64. The Labute approximate surface area is 107 Å². The molecule has 0 bridgehead atoms. The molecule has 0 radical (unpaired) electrons. The first-order chi connectivity index (χ1) is 8.16. The van der Waals surface area contributed by atoms with Crippen LogP contribution in [-0.2, 0) is 13.1 Å². The predicted molar refractivity (Wildman–Crippen MR) is 75.1 cm³/mol. The molecule has 0 aliphatic heterocycles. The van der Waals surface area contributed by atoms with Crippen LogP contribution in [0.2, 0.25) is 0 Å². The van der Waals surface area contributed by atoms with Gasteiger partial charge in [0.15, 0.2) is 0 Å². The third-order valence-electron chi connectivity index (χ3n) is 2.96. The fourth-order valence-electron chi connectivity index (χ4n) is 1.92. The van der Waals surface area contributed by atoms with Crippen LogP contribution in [0.1, 0.15) is 16.7 Å². The van der Waals surface area contributed by atoms with Crippen LogP contribution < -0.4 is 5.73 Å². The number of anilines is 1. The third-order valence-corrected chi connectivity index (χ3v) is 3.69. The summed E-state index contributed by atoms with van der Waals surface area (Å²) in [5.74, 6) is 0. The van der Waals surface area contributed by atoms with E-state index in [2.05, 4.69) is 41.8 Å². The van der Waals surface area contributed by atoms with E-state index in [1.54, 1.807) is 11.3 Å². The van der Waals surface area contributed by atoms with Crippen LogP contribution in [0.25, 0.3) is 0 Å². The molecule has 2 aromatic rings.